The van der Waals surface area contributed by atoms with Gasteiger partial charge in [0.05, 0.1) is 0 Å². The van der Waals surface area contributed by atoms with Crippen molar-refractivity contribution in [3.05, 3.63) is 0 Å². The summed E-state index contributed by atoms with van der Waals surface area (Å²) < 4.78 is 4.83. The SMILES string of the molecule is CCCCCC(Cl)Cl.CCOCC. The number of rotatable bonds is 6. The Kier molecular flexibility index (Phi) is 18.5. The minimum Gasteiger partial charge on any atom is -0.382 e. The molecule has 0 saturated heterocycles. The van der Waals surface area contributed by atoms with Crippen LogP contribution in [0.5, 0.6) is 0 Å². The predicted molar refractivity (Wildman–Crippen MR) is 61.8 cm³/mol. The molecule has 3 heteroatoms. The molecule has 0 aliphatic heterocycles. The molecule has 0 aliphatic rings. The second kappa shape index (κ2) is 15.0. The zero-order valence-electron chi connectivity index (χ0n) is 8.98. The van der Waals surface area contributed by atoms with Gasteiger partial charge in [0.25, 0.3) is 0 Å². The van der Waals surface area contributed by atoms with Crippen molar-refractivity contribution in [3.8, 4) is 0 Å². The summed E-state index contributed by atoms with van der Waals surface area (Å²) in [6, 6.07) is 0. The molecule has 1 nitrogen and oxygen atoms in total. The van der Waals surface area contributed by atoms with Gasteiger partial charge >= 0.3 is 0 Å². The highest BCUT2D eigenvalue weighted by atomic mass is 35.5. The van der Waals surface area contributed by atoms with Gasteiger partial charge in [-0.3, -0.25) is 0 Å². The highest BCUT2D eigenvalue weighted by molar-refractivity contribution is 6.44. The lowest BCUT2D eigenvalue weighted by Gasteiger charge is -1.96. The summed E-state index contributed by atoms with van der Waals surface area (Å²) in [6.07, 6.45) is 4.58. The number of halogens is 2. The van der Waals surface area contributed by atoms with Gasteiger partial charge in [-0.25, -0.2) is 0 Å². The van der Waals surface area contributed by atoms with Crippen LogP contribution >= 0.6 is 23.2 Å². The monoisotopic (exact) mass is 228 g/mol. The van der Waals surface area contributed by atoms with Crippen molar-refractivity contribution in [2.45, 2.75) is 51.3 Å². The van der Waals surface area contributed by atoms with E-state index in [0.29, 0.717) is 0 Å². The maximum atomic E-state index is 5.48. The molecule has 0 fully saturated rings. The first-order valence-electron chi connectivity index (χ1n) is 5.04. The molecule has 0 saturated carbocycles. The number of unbranched alkanes of at least 4 members (excludes halogenated alkanes) is 2. The van der Waals surface area contributed by atoms with Crippen LogP contribution in [0.15, 0.2) is 0 Å². The minimum atomic E-state index is -0.151. The van der Waals surface area contributed by atoms with E-state index in [9.17, 15) is 0 Å². The molecule has 0 aromatic carbocycles. The van der Waals surface area contributed by atoms with Crippen LogP contribution in [0, 0.1) is 0 Å². The molecular formula is C10H22Cl2O. The van der Waals surface area contributed by atoms with E-state index < -0.39 is 0 Å². The van der Waals surface area contributed by atoms with Crippen molar-refractivity contribution in [1.82, 2.24) is 0 Å². The maximum absolute atomic E-state index is 5.48. The Morgan fingerprint density at radius 3 is 1.77 bits per heavy atom. The molecule has 0 N–H and O–H groups in total. The molecule has 0 unspecified atom stereocenters. The Morgan fingerprint density at radius 2 is 1.54 bits per heavy atom. The van der Waals surface area contributed by atoms with Gasteiger partial charge in [0.15, 0.2) is 0 Å². The third-order valence-corrected chi connectivity index (χ3v) is 1.87. The van der Waals surface area contributed by atoms with E-state index in [1.54, 1.807) is 0 Å². The summed E-state index contributed by atoms with van der Waals surface area (Å²) in [5, 5.41) is 0. The molecule has 82 valence electrons. The molecule has 0 spiro atoms. The first kappa shape index (κ1) is 16.0. The molecule has 0 aliphatic carbocycles. The van der Waals surface area contributed by atoms with Crippen molar-refractivity contribution in [2.24, 2.45) is 0 Å². The zero-order chi connectivity index (χ0) is 10.5. The lowest BCUT2D eigenvalue weighted by Crippen LogP contribution is -1.84. The lowest BCUT2D eigenvalue weighted by molar-refractivity contribution is 0.162. The van der Waals surface area contributed by atoms with E-state index in [-0.39, 0.29) is 4.84 Å². The van der Waals surface area contributed by atoms with Crippen molar-refractivity contribution in [3.63, 3.8) is 0 Å². The normalized spacial score (nSPS) is 9.69. The fraction of sp³-hybridized carbons (Fsp3) is 1.00. The first-order chi connectivity index (χ1) is 6.18. The second-order valence-corrected chi connectivity index (χ2v) is 3.95. The average Bonchev–Trinajstić information content (AvgIpc) is 2.07. The van der Waals surface area contributed by atoms with E-state index >= 15 is 0 Å². The number of alkyl halides is 2. The number of ether oxygens (including phenoxy) is 1. The van der Waals surface area contributed by atoms with Gasteiger partial charge in [-0.1, -0.05) is 26.2 Å². The quantitative estimate of drug-likeness (QED) is 0.484. The standard InChI is InChI=1S/C6H12Cl2.C4H10O/c1-2-3-4-5-6(7)8;1-3-5-4-2/h6H,2-5H2,1H3;3-4H2,1-2H3. The van der Waals surface area contributed by atoms with Gasteiger partial charge in [0, 0.05) is 13.2 Å². The molecule has 0 aromatic heterocycles. The van der Waals surface area contributed by atoms with Crippen LogP contribution in [-0.2, 0) is 4.74 Å². The summed E-state index contributed by atoms with van der Waals surface area (Å²) in [4.78, 5) is -0.151. The molecule has 0 rings (SSSR count). The fourth-order valence-corrected chi connectivity index (χ4v) is 1.06. The number of hydrogen-bond acceptors (Lipinski definition) is 1. The molecule has 0 radical (unpaired) electrons. The van der Waals surface area contributed by atoms with Gasteiger partial charge in [-0.15, -0.1) is 23.2 Å². The topological polar surface area (TPSA) is 9.23 Å². The van der Waals surface area contributed by atoms with Gasteiger partial charge in [-0.05, 0) is 20.3 Å². The Balaban J connectivity index is 0. The van der Waals surface area contributed by atoms with Crippen LogP contribution in [0.1, 0.15) is 46.5 Å². The Morgan fingerprint density at radius 1 is 1.00 bits per heavy atom. The molecule has 0 atom stereocenters. The van der Waals surface area contributed by atoms with E-state index in [1.165, 1.54) is 12.8 Å². The highest BCUT2D eigenvalue weighted by Crippen LogP contribution is 2.11. The molecule has 13 heavy (non-hydrogen) atoms. The minimum absolute atomic E-state index is 0.151. The van der Waals surface area contributed by atoms with Gasteiger partial charge in [-0.2, -0.15) is 0 Å². The zero-order valence-corrected chi connectivity index (χ0v) is 10.5. The second-order valence-electron chi connectivity index (χ2n) is 2.67. The van der Waals surface area contributed by atoms with Crippen LogP contribution in [-0.4, -0.2) is 18.1 Å². The summed E-state index contributed by atoms with van der Waals surface area (Å²) in [7, 11) is 0. The highest BCUT2D eigenvalue weighted by Gasteiger charge is 1.95. The third kappa shape index (κ3) is 24.5. The Labute approximate surface area is 92.7 Å². The molecular weight excluding hydrogens is 207 g/mol. The van der Waals surface area contributed by atoms with E-state index in [0.717, 1.165) is 26.1 Å². The summed E-state index contributed by atoms with van der Waals surface area (Å²) >= 11 is 11.0. The van der Waals surface area contributed by atoms with Crippen LogP contribution in [0.3, 0.4) is 0 Å². The summed E-state index contributed by atoms with van der Waals surface area (Å²) in [6.45, 7) is 7.83. The smallest absolute Gasteiger partial charge is 0.107 e. The third-order valence-electron chi connectivity index (χ3n) is 1.43. The number of hydrogen-bond donors (Lipinski definition) is 0. The fourth-order valence-electron chi connectivity index (χ4n) is 0.753. The largest absolute Gasteiger partial charge is 0.382 e. The first-order valence-corrected chi connectivity index (χ1v) is 5.92. The van der Waals surface area contributed by atoms with E-state index in [2.05, 4.69) is 6.92 Å². The van der Waals surface area contributed by atoms with Crippen molar-refractivity contribution >= 4 is 23.2 Å². The van der Waals surface area contributed by atoms with Crippen LogP contribution in [0.2, 0.25) is 0 Å². The summed E-state index contributed by atoms with van der Waals surface area (Å²) in [5.74, 6) is 0. The van der Waals surface area contributed by atoms with Crippen molar-refractivity contribution < 1.29 is 4.74 Å². The Bertz CT molecular complexity index is 75.3. The van der Waals surface area contributed by atoms with Crippen molar-refractivity contribution in [2.75, 3.05) is 13.2 Å². The van der Waals surface area contributed by atoms with E-state index in [1.807, 2.05) is 13.8 Å². The molecule has 0 amide bonds. The van der Waals surface area contributed by atoms with Crippen LogP contribution in [0.25, 0.3) is 0 Å². The van der Waals surface area contributed by atoms with E-state index in [4.69, 9.17) is 27.9 Å². The van der Waals surface area contributed by atoms with Gasteiger partial charge in [0.1, 0.15) is 4.84 Å². The van der Waals surface area contributed by atoms with Crippen LogP contribution in [0.4, 0.5) is 0 Å². The maximum Gasteiger partial charge on any atom is 0.107 e. The average molecular weight is 229 g/mol. The Hall–Kier alpha value is 0.540. The summed E-state index contributed by atoms with van der Waals surface area (Å²) in [5.41, 5.74) is 0. The molecule has 0 aromatic rings. The van der Waals surface area contributed by atoms with Gasteiger partial charge < -0.3 is 4.74 Å². The van der Waals surface area contributed by atoms with Crippen molar-refractivity contribution in [1.29, 1.82) is 0 Å². The predicted octanol–water partition coefficient (Wildman–Crippen LogP) is 4.41. The molecule has 0 bridgehead atoms. The molecule has 0 heterocycles. The van der Waals surface area contributed by atoms with Crippen LogP contribution < -0.4 is 0 Å². The van der Waals surface area contributed by atoms with Gasteiger partial charge in [0.2, 0.25) is 0 Å². The lowest BCUT2D eigenvalue weighted by atomic mass is 10.2.